The molecule has 26 heavy (non-hydrogen) atoms. The molecule has 0 spiro atoms. The topological polar surface area (TPSA) is 56.3 Å². The molecule has 0 aliphatic rings. The van der Waals surface area contributed by atoms with Gasteiger partial charge in [-0.2, -0.15) is 0 Å². The lowest BCUT2D eigenvalue weighted by Crippen LogP contribution is -2.40. The second-order valence-electron chi connectivity index (χ2n) is 6.39. The Balaban J connectivity index is 2.03. The average molecular weight is 391 g/mol. The van der Waals surface area contributed by atoms with E-state index in [9.17, 15) is 9.90 Å². The first-order valence-electron chi connectivity index (χ1n) is 8.35. The van der Waals surface area contributed by atoms with Gasteiger partial charge in [-0.25, -0.2) is 0 Å². The van der Waals surface area contributed by atoms with Crippen molar-refractivity contribution < 1.29 is 9.90 Å². The standard InChI is InChI=1S/C20H20Cl2N2O2/c1-12(11-25)24(10-14-6-4-3-5-7-14)20(26)19-13(2)18-16(22)8-15(21)9-17(18)23-19/h3-9,12,23,25H,10-11H2,1-2H3. The predicted molar refractivity (Wildman–Crippen MR) is 106 cm³/mol. The van der Waals surface area contributed by atoms with Crippen molar-refractivity contribution >= 4 is 40.0 Å². The molecule has 0 fully saturated rings. The third-order valence-corrected chi connectivity index (χ3v) is 5.05. The van der Waals surface area contributed by atoms with Gasteiger partial charge in [0.1, 0.15) is 5.69 Å². The lowest BCUT2D eigenvalue weighted by Gasteiger charge is -2.28. The first kappa shape index (κ1) is 18.8. The number of aliphatic hydroxyl groups is 1. The van der Waals surface area contributed by atoms with E-state index in [0.29, 0.717) is 22.3 Å². The highest BCUT2D eigenvalue weighted by Gasteiger charge is 2.25. The summed E-state index contributed by atoms with van der Waals surface area (Å²) in [6, 6.07) is 12.8. The first-order chi connectivity index (χ1) is 12.4. The van der Waals surface area contributed by atoms with Crippen molar-refractivity contribution in [3.63, 3.8) is 0 Å². The maximum absolute atomic E-state index is 13.2. The Morgan fingerprint density at radius 1 is 1.23 bits per heavy atom. The number of carbonyl (C=O) groups excluding carboxylic acids is 1. The summed E-state index contributed by atoms with van der Waals surface area (Å²) in [7, 11) is 0. The third-order valence-electron chi connectivity index (χ3n) is 4.53. The molecule has 1 heterocycles. The van der Waals surface area contributed by atoms with Crippen molar-refractivity contribution in [2.45, 2.75) is 26.4 Å². The lowest BCUT2D eigenvalue weighted by molar-refractivity contribution is 0.0593. The zero-order chi connectivity index (χ0) is 18.8. The van der Waals surface area contributed by atoms with Gasteiger partial charge in [0, 0.05) is 22.5 Å². The number of benzene rings is 2. The number of aromatic nitrogens is 1. The van der Waals surface area contributed by atoms with Crippen LogP contribution in [0.4, 0.5) is 0 Å². The van der Waals surface area contributed by atoms with E-state index in [0.717, 1.165) is 22.0 Å². The number of nitrogens with zero attached hydrogens (tertiary/aromatic N) is 1. The maximum atomic E-state index is 13.2. The van der Waals surface area contributed by atoms with Gasteiger partial charge in [-0.15, -0.1) is 0 Å². The van der Waals surface area contributed by atoms with Crippen molar-refractivity contribution in [2.75, 3.05) is 6.61 Å². The monoisotopic (exact) mass is 390 g/mol. The van der Waals surface area contributed by atoms with E-state index in [1.165, 1.54) is 0 Å². The van der Waals surface area contributed by atoms with Gasteiger partial charge in [0.2, 0.25) is 0 Å². The number of amides is 1. The molecule has 0 saturated heterocycles. The Morgan fingerprint density at radius 2 is 1.92 bits per heavy atom. The van der Waals surface area contributed by atoms with E-state index in [1.807, 2.05) is 44.2 Å². The molecule has 1 aromatic heterocycles. The molecule has 2 aromatic carbocycles. The molecule has 1 atom stereocenters. The molecule has 4 nitrogen and oxygen atoms in total. The number of nitrogens with one attached hydrogen (secondary N) is 1. The van der Waals surface area contributed by atoms with Crippen molar-refractivity contribution in [3.05, 3.63) is 69.3 Å². The zero-order valence-electron chi connectivity index (χ0n) is 14.6. The summed E-state index contributed by atoms with van der Waals surface area (Å²) < 4.78 is 0. The highest BCUT2D eigenvalue weighted by atomic mass is 35.5. The number of aliphatic hydroxyl groups excluding tert-OH is 1. The van der Waals surface area contributed by atoms with Gasteiger partial charge in [-0.1, -0.05) is 53.5 Å². The Bertz CT molecular complexity index is 938. The van der Waals surface area contributed by atoms with Gasteiger partial charge in [-0.3, -0.25) is 4.79 Å². The molecule has 2 N–H and O–H groups in total. The normalized spacial score (nSPS) is 12.3. The van der Waals surface area contributed by atoms with E-state index < -0.39 is 0 Å². The number of aromatic amines is 1. The van der Waals surface area contributed by atoms with Crippen LogP contribution in [0.1, 0.15) is 28.5 Å². The van der Waals surface area contributed by atoms with Crippen LogP contribution in [0, 0.1) is 6.92 Å². The molecule has 3 rings (SSSR count). The number of fused-ring (bicyclic) bond motifs is 1. The molecule has 3 aromatic rings. The van der Waals surface area contributed by atoms with Gasteiger partial charge in [0.05, 0.1) is 17.7 Å². The molecule has 1 amide bonds. The number of H-pyrrole nitrogens is 1. The van der Waals surface area contributed by atoms with E-state index in [2.05, 4.69) is 4.98 Å². The van der Waals surface area contributed by atoms with E-state index >= 15 is 0 Å². The van der Waals surface area contributed by atoms with E-state index in [4.69, 9.17) is 23.2 Å². The van der Waals surface area contributed by atoms with Crippen molar-refractivity contribution in [2.24, 2.45) is 0 Å². The number of rotatable bonds is 5. The fourth-order valence-corrected chi connectivity index (χ4v) is 3.71. The minimum absolute atomic E-state index is 0.121. The van der Waals surface area contributed by atoms with Gasteiger partial charge >= 0.3 is 0 Å². The van der Waals surface area contributed by atoms with Crippen LogP contribution in [-0.4, -0.2) is 33.5 Å². The van der Waals surface area contributed by atoms with Crippen LogP contribution >= 0.6 is 23.2 Å². The Hall–Kier alpha value is -2.01. The quantitative estimate of drug-likeness (QED) is 0.656. The summed E-state index contributed by atoms with van der Waals surface area (Å²) in [6.07, 6.45) is 0. The van der Waals surface area contributed by atoms with Gasteiger partial charge in [0.15, 0.2) is 0 Å². The molecule has 0 saturated carbocycles. The van der Waals surface area contributed by atoms with E-state index in [1.54, 1.807) is 17.0 Å². The summed E-state index contributed by atoms with van der Waals surface area (Å²) in [5.74, 6) is -0.184. The molecule has 0 aliphatic carbocycles. The van der Waals surface area contributed by atoms with E-state index in [-0.39, 0.29) is 18.6 Å². The van der Waals surface area contributed by atoms with Gasteiger partial charge < -0.3 is 15.0 Å². The number of hydrogen-bond acceptors (Lipinski definition) is 2. The third kappa shape index (κ3) is 3.58. The molecule has 0 bridgehead atoms. The second kappa shape index (κ2) is 7.70. The molecule has 136 valence electrons. The SMILES string of the molecule is Cc1c(C(=O)N(Cc2ccccc2)C(C)CO)[nH]c2cc(Cl)cc(Cl)c12. The van der Waals surface area contributed by atoms with Crippen LogP contribution in [-0.2, 0) is 6.54 Å². The summed E-state index contributed by atoms with van der Waals surface area (Å²) in [4.78, 5) is 18.0. The summed E-state index contributed by atoms with van der Waals surface area (Å²) in [5.41, 5.74) is 2.95. The summed E-state index contributed by atoms with van der Waals surface area (Å²) in [5, 5.41) is 11.4. The Kier molecular flexibility index (Phi) is 5.56. The molecular weight excluding hydrogens is 371 g/mol. The highest BCUT2D eigenvalue weighted by Crippen LogP contribution is 2.32. The second-order valence-corrected chi connectivity index (χ2v) is 7.23. The molecule has 6 heteroatoms. The van der Waals surface area contributed by atoms with Crippen molar-refractivity contribution in [1.29, 1.82) is 0 Å². The maximum Gasteiger partial charge on any atom is 0.271 e. The average Bonchev–Trinajstić information content (AvgIpc) is 2.96. The lowest BCUT2D eigenvalue weighted by atomic mass is 10.1. The van der Waals surface area contributed by atoms with Crippen LogP contribution in [0.2, 0.25) is 10.0 Å². The molecule has 0 radical (unpaired) electrons. The molecular formula is C20H20Cl2N2O2. The van der Waals surface area contributed by atoms with Gasteiger partial charge in [0.25, 0.3) is 5.91 Å². The van der Waals surface area contributed by atoms with Crippen LogP contribution in [0.15, 0.2) is 42.5 Å². The largest absolute Gasteiger partial charge is 0.394 e. The minimum Gasteiger partial charge on any atom is -0.394 e. The fraction of sp³-hybridized carbons (Fsp3) is 0.250. The predicted octanol–water partition coefficient (Wildman–Crippen LogP) is 4.81. The summed E-state index contributed by atoms with van der Waals surface area (Å²) >= 11 is 12.4. The fourth-order valence-electron chi connectivity index (χ4n) is 3.07. The van der Waals surface area contributed by atoms with Crippen LogP contribution in [0.3, 0.4) is 0 Å². The number of carbonyl (C=O) groups is 1. The molecule has 1 unspecified atom stereocenters. The number of hydrogen-bond donors (Lipinski definition) is 2. The Morgan fingerprint density at radius 3 is 2.58 bits per heavy atom. The van der Waals surface area contributed by atoms with Gasteiger partial charge in [-0.05, 0) is 37.1 Å². The smallest absolute Gasteiger partial charge is 0.271 e. The number of halogens is 2. The summed E-state index contributed by atoms with van der Waals surface area (Å²) in [6.45, 7) is 3.97. The van der Waals surface area contributed by atoms with Crippen molar-refractivity contribution in [1.82, 2.24) is 9.88 Å². The Labute approximate surface area is 162 Å². The first-order valence-corrected chi connectivity index (χ1v) is 9.11. The van der Waals surface area contributed by atoms with Crippen molar-refractivity contribution in [3.8, 4) is 0 Å². The number of aryl methyl sites for hydroxylation is 1. The van der Waals surface area contributed by atoms with Crippen LogP contribution < -0.4 is 0 Å². The van der Waals surface area contributed by atoms with Crippen LogP contribution in [0.25, 0.3) is 10.9 Å². The highest BCUT2D eigenvalue weighted by molar-refractivity contribution is 6.39. The zero-order valence-corrected chi connectivity index (χ0v) is 16.1. The molecule has 0 aliphatic heterocycles. The minimum atomic E-state index is -0.326. The van der Waals surface area contributed by atoms with Crippen LogP contribution in [0.5, 0.6) is 0 Å².